The minimum Gasteiger partial charge on any atom is -0.468 e. The Hall–Kier alpha value is -1.10. The van der Waals surface area contributed by atoms with Crippen LogP contribution in [-0.2, 0) is 9.47 Å². The van der Waals surface area contributed by atoms with Crippen LogP contribution in [0.2, 0.25) is 0 Å². The molecule has 0 saturated heterocycles. The molecule has 0 spiro atoms. The van der Waals surface area contributed by atoms with Gasteiger partial charge in [0.1, 0.15) is 5.75 Å². The molecule has 0 radical (unpaired) electrons. The van der Waals surface area contributed by atoms with E-state index < -0.39 is 0 Å². The monoisotopic (exact) mass is 237 g/mol. The Labute approximate surface area is 102 Å². The fourth-order valence-corrected chi connectivity index (χ4v) is 1.72. The summed E-state index contributed by atoms with van der Waals surface area (Å²) in [5.41, 5.74) is 7.10. The zero-order valence-corrected chi connectivity index (χ0v) is 10.1. The van der Waals surface area contributed by atoms with Gasteiger partial charge in [-0.15, -0.1) is 0 Å². The highest BCUT2D eigenvalue weighted by atomic mass is 16.7. The van der Waals surface area contributed by atoms with E-state index in [0.717, 1.165) is 12.2 Å². The van der Waals surface area contributed by atoms with Crippen molar-refractivity contribution in [2.75, 3.05) is 27.1 Å². The number of nitrogens with two attached hydrogens (primary N) is 1. The molecule has 1 aromatic rings. The van der Waals surface area contributed by atoms with Crippen molar-refractivity contribution >= 4 is 0 Å². The minimum atomic E-state index is 0.256. The van der Waals surface area contributed by atoms with Gasteiger partial charge < -0.3 is 19.9 Å². The molecule has 0 unspecified atom stereocenters. The molecule has 17 heavy (non-hydrogen) atoms. The van der Waals surface area contributed by atoms with Crippen LogP contribution in [0.1, 0.15) is 17.9 Å². The fraction of sp³-hybridized carbons (Fsp3) is 0.538. The van der Waals surface area contributed by atoms with Crippen molar-refractivity contribution in [3.63, 3.8) is 0 Å². The van der Waals surface area contributed by atoms with Gasteiger partial charge >= 0.3 is 0 Å². The lowest BCUT2D eigenvalue weighted by molar-refractivity contribution is -0.00847. The number of hydrogen-bond donors (Lipinski definition) is 1. The molecule has 0 aromatic heterocycles. The van der Waals surface area contributed by atoms with Gasteiger partial charge in [0, 0.05) is 19.1 Å². The van der Waals surface area contributed by atoms with E-state index in [1.807, 2.05) is 12.1 Å². The van der Waals surface area contributed by atoms with Gasteiger partial charge in [0.05, 0.1) is 13.2 Å². The van der Waals surface area contributed by atoms with Crippen molar-refractivity contribution in [3.8, 4) is 5.75 Å². The van der Waals surface area contributed by atoms with E-state index in [9.17, 15) is 0 Å². The highest BCUT2D eigenvalue weighted by molar-refractivity contribution is 5.33. The lowest BCUT2D eigenvalue weighted by atomic mass is 10.1. The maximum atomic E-state index is 5.80. The molecule has 1 fully saturated rings. The van der Waals surface area contributed by atoms with Crippen molar-refractivity contribution in [2.45, 2.75) is 18.4 Å². The largest absolute Gasteiger partial charge is 0.468 e. The molecule has 1 aliphatic carbocycles. The Balaban J connectivity index is 1.70. The Morgan fingerprint density at radius 1 is 1.24 bits per heavy atom. The van der Waals surface area contributed by atoms with Gasteiger partial charge in [0.2, 0.25) is 0 Å². The number of ether oxygens (including phenoxy) is 3. The number of benzene rings is 1. The summed E-state index contributed by atoms with van der Waals surface area (Å²) in [6.45, 7) is 1.39. The molecule has 4 heteroatoms. The lowest BCUT2D eigenvalue weighted by Crippen LogP contribution is -2.07. The second kappa shape index (κ2) is 6.00. The Morgan fingerprint density at radius 3 is 2.53 bits per heavy atom. The van der Waals surface area contributed by atoms with E-state index in [4.69, 9.17) is 19.9 Å². The molecule has 2 atom stereocenters. The fourth-order valence-electron chi connectivity index (χ4n) is 1.72. The lowest BCUT2D eigenvalue weighted by Gasteiger charge is -2.07. The zero-order valence-electron chi connectivity index (χ0n) is 10.1. The summed E-state index contributed by atoms with van der Waals surface area (Å²) in [6, 6.07) is 8.41. The molecular formula is C13H19NO3. The minimum absolute atomic E-state index is 0.256. The summed E-state index contributed by atoms with van der Waals surface area (Å²) in [5, 5.41) is 0. The molecule has 1 aromatic carbocycles. The molecule has 1 saturated carbocycles. The van der Waals surface area contributed by atoms with Crippen LogP contribution in [0.15, 0.2) is 24.3 Å². The third kappa shape index (κ3) is 3.70. The first-order valence-corrected chi connectivity index (χ1v) is 5.86. The van der Waals surface area contributed by atoms with Crippen molar-refractivity contribution < 1.29 is 14.2 Å². The molecular weight excluding hydrogens is 218 g/mol. The first-order chi connectivity index (χ1) is 8.31. The quantitative estimate of drug-likeness (QED) is 0.577. The van der Waals surface area contributed by atoms with Crippen LogP contribution in [0.4, 0.5) is 0 Å². The maximum Gasteiger partial charge on any atom is 0.189 e. The van der Waals surface area contributed by atoms with Crippen LogP contribution < -0.4 is 10.5 Å². The molecule has 4 nitrogen and oxygen atoms in total. The van der Waals surface area contributed by atoms with E-state index >= 15 is 0 Å². The van der Waals surface area contributed by atoms with Crippen molar-refractivity contribution in [1.82, 2.24) is 0 Å². The predicted octanol–water partition coefficient (Wildman–Crippen LogP) is 1.50. The average Bonchev–Trinajstić information content (AvgIpc) is 3.07. The highest BCUT2D eigenvalue weighted by Gasteiger charge is 2.34. The second-order valence-electron chi connectivity index (χ2n) is 4.24. The SMILES string of the molecule is COCCOCOc1ccc([C@@H]2C[C@H]2N)cc1. The molecule has 2 rings (SSSR count). The van der Waals surface area contributed by atoms with Crippen LogP contribution in [0.3, 0.4) is 0 Å². The second-order valence-corrected chi connectivity index (χ2v) is 4.24. The van der Waals surface area contributed by atoms with Crippen LogP contribution >= 0.6 is 0 Å². The van der Waals surface area contributed by atoms with Crippen LogP contribution in [0.25, 0.3) is 0 Å². The molecule has 0 aliphatic heterocycles. The molecule has 94 valence electrons. The number of methoxy groups -OCH3 is 1. The molecule has 1 aliphatic rings. The molecule has 0 bridgehead atoms. The van der Waals surface area contributed by atoms with Crippen molar-refractivity contribution in [1.29, 1.82) is 0 Å². The first-order valence-electron chi connectivity index (χ1n) is 5.86. The van der Waals surface area contributed by atoms with Crippen molar-refractivity contribution in [3.05, 3.63) is 29.8 Å². The Morgan fingerprint density at radius 2 is 1.94 bits per heavy atom. The highest BCUT2D eigenvalue weighted by Crippen LogP contribution is 2.39. The van der Waals surface area contributed by atoms with E-state index in [2.05, 4.69) is 12.1 Å². The Bertz CT molecular complexity index is 339. The number of rotatable bonds is 7. The van der Waals surface area contributed by atoms with Gasteiger partial charge in [-0.3, -0.25) is 0 Å². The predicted molar refractivity (Wildman–Crippen MR) is 65.1 cm³/mol. The average molecular weight is 237 g/mol. The van der Waals surface area contributed by atoms with Gasteiger partial charge in [-0.25, -0.2) is 0 Å². The Kier molecular flexibility index (Phi) is 4.36. The normalized spacial score (nSPS) is 22.5. The van der Waals surface area contributed by atoms with Crippen LogP contribution in [0, 0.1) is 0 Å². The van der Waals surface area contributed by atoms with Crippen LogP contribution in [0.5, 0.6) is 5.75 Å². The van der Waals surface area contributed by atoms with Gasteiger partial charge in [0.15, 0.2) is 6.79 Å². The number of hydrogen-bond acceptors (Lipinski definition) is 4. The standard InChI is InChI=1S/C13H19NO3/c1-15-6-7-16-9-17-11-4-2-10(3-5-11)12-8-13(12)14/h2-5,12-13H,6-9,14H2,1H3/t12-,13+/m0/s1. The summed E-state index contributed by atoms with van der Waals surface area (Å²) in [5.74, 6) is 1.36. The van der Waals surface area contributed by atoms with Crippen LogP contribution in [-0.4, -0.2) is 33.2 Å². The summed E-state index contributed by atoms with van der Waals surface area (Å²) in [7, 11) is 1.64. The van der Waals surface area contributed by atoms with E-state index in [0.29, 0.717) is 25.2 Å². The molecule has 0 amide bonds. The van der Waals surface area contributed by atoms with Gasteiger partial charge in [0.25, 0.3) is 0 Å². The first kappa shape index (κ1) is 12.4. The van der Waals surface area contributed by atoms with E-state index in [1.165, 1.54) is 5.56 Å². The maximum absolute atomic E-state index is 5.80. The van der Waals surface area contributed by atoms with E-state index in [1.54, 1.807) is 7.11 Å². The molecule has 0 heterocycles. The summed E-state index contributed by atoms with van der Waals surface area (Å²) < 4.78 is 15.5. The molecule has 2 N–H and O–H groups in total. The summed E-state index contributed by atoms with van der Waals surface area (Å²) in [6.07, 6.45) is 1.10. The van der Waals surface area contributed by atoms with E-state index in [-0.39, 0.29) is 6.79 Å². The van der Waals surface area contributed by atoms with Crippen molar-refractivity contribution in [2.24, 2.45) is 5.73 Å². The summed E-state index contributed by atoms with van der Waals surface area (Å²) >= 11 is 0. The topological polar surface area (TPSA) is 53.7 Å². The zero-order chi connectivity index (χ0) is 12.1. The van der Waals surface area contributed by atoms with Gasteiger partial charge in [-0.2, -0.15) is 0 Å². The van der Waals surface area contributed by atoms with Gasteiger partial charge in [-0.1, -0.05) is 12.1 Å². The smallest absolute Gasteiger partial charge is 0.189 e. The third-order valence-corrected chi connectivity index (χ3v) is 2.89. The third-order valence-electron chi connectivity index (χ3n) is 2.89. The van der Waals surface area contributed by atoms with Gasteiger partial charge in [-0.05, 0) is 24.1 Å². The summed E-state index contributed by atoms with van der Waals surface area (Å²) in [4.78, 5) is 0.